The van der Waals surface area contributed by atoms with Crippen molar-refractivity contribution in [2.75, 3.05) is 44.7 Å². The Morgan fingerprint density at radius 1 is 1.17 bits per heavy atom. The lowest BCUT2D eigenvalue weighted by molar-refractivity contribution is 0.0398. The van der Waals surface area contributed by atoms with Crippen LogP contribution in [0.15, 0.2) is 53.3 Å². The van der Waals surface area contributed by atoms with Gasteiger partial charge in [0.25, 0.3) is 0 Å². The lowest BCUT2D eigenvalue weighted by atomic mass is 9.76. The number of nitriles is 2. The average Bonchev–Trinajstić information content (AvgIpc) is 3.37. The zero-order chi connectivity index (χ0) is 24.2. The predicted octanol–water partition coefficient (Wildman–Crippen LogP) is 3.33. The first kappa shape index (κ1) is 22.7. The fourth-order valence-corrected chi connectivity index (χ4v) is 4.69. The van der Waals surface area contributed by atoms with Gasteiger partial charge in [-0.25, -0.2) is 4.98 Å². The van der Waals surface area contributed by atoms with Crippen molar-refractivity contribution in [1.82, 2.24) is 20.1 Å². The van der Waals surface area contributed by atoms with Gasteiger partial charge in [0.1, 0.15) is 5.82 Å². The molecule has 4 heterocycles. The molecule has 2 aromatic heterocycles. The van der Waals surface area contributed by atoms with Gasteiger partial charge in [-0.3, -0.25) is 15.0 Å². The largest absolute Gasteiger partial charge is 0.379 e. The molecule has 2 unspecified atom stereocenters. The summed E-state index contributed by atoms with van der Waals surface area (Å²) in [6, 6.07) is 14.4. The number of allylic oxidation sites excluding steroid dienone is 1. The van der Waals surface area contributed by atoms with E-state index >= 15 is 0 Å². The van der Waals surface area contributed by atoms with Gasteiger partial charge in [-0.1, -0.05) is 6.07 Å². The van der Waals surface area contributed by atoms with Gasteiger partial charge in [0.05, 0.1) is 54.3 Å². The number of fused-ring (bicyclic) bond motifs is 1. The summed E-state index contributed by atoms with van der Waals surface area (Å²) in [7, 11) is 0. The third-order valence-corrected chi connectivity index (χ3v) is 6.60. The zero-order valence-corrected chi connectivity index (χ0v) is 19.5. The standard InChI is InChI=1S/C26H26N8O/c1-17-21(13-27)25(18-2-4-23-20(12-18)16-31-33-23)22(14-28)26(32-17)19-3-5-24(30-15-19)29-6-7-34-8-10-35-11-9-34/h2-5,12,15-16,21,25H,6-11H2,1H3,(H,29,30)(H,31,33). The number of pyridine rings is 1. The molecule has 9 nitrogen and oxygen atoms in total. The van der Waals surface area contributed by atoms with Gasteiger partial charge in [-0.15, -0.1) is 0 Å². The molecule has 0 aliphatic carbocycles. The Labute approximate surface area is 203 Å². The minimum atomic E-state index is -0.521. The molecular weight excluding hydrogens is 440 g/mol. The third-order valence-electron chi connectivity index (χ3n) is 6.60. The highest BCUT2D eigenvalue weighted by atomic mass is 16.5. The van der Waals surface area contributed by atoms with Gasteiger partial charge < -0.3 is 10.1 Å². The van der Waals surface area contributed by atoms with Crippen molar-refractivity contribution < 1.29 is 4.74 Å². The topological polar surface area (TPSA) is 126 Å². The number of aliphatic imine (C=N–C) groups is 1. The lowest BCUT2D eigenvalue weighted by Gasteiger charge is -2.28. The van der Waals surface area contributed by atoms with Gasteiger partial charge in [0, 0.05) is 55.0 Å². The second-order valence-corrected chi connectivity index (χ2v) is 8.74. The van der Waals surface area contributed by atoms with Crippen LogP contribution in [0.2, 0.25) is 0 Å². The van der Waals surface area contributed by atoms with Crippen molar-refractivity contribution in [1.29, 1.82) is 10.5 Å². The number of nitrogens with one attached hydrogen (secondary N) is 2. The minimum Gasteiger partial charge on any atom is -0.379 e. The van der Waals surface area contributed by atoms with Crippen LogP contribution in [0.5, 0.6) is 0 Å². The summed E-state index contributed by atoms with van der Waals surface area (Å²) < 4.78 is 5.39. The highest BCUT2D eigenvalue weighted by Gasteiger charge is 2.35. The highest BCUT2D eigenvalue weighted by molar-refractivity contribution is 5.97. The molecule has 0 bridgehead atoms. The van der Waals surface area contributed by atoms with Gasteiger partial charge in [-0.2, -0.15) is 15.6 Å². The number of aromatic amines is 1. The molecule has 0 saturated carbocycles. The monoisotopic (exact) mass is 466 g/mol. The summed E-state index contributed by atoms with van der Waals surface area (Å²) in [4.78, 5) is 11.6. The van der Waals surface area contributed by atoms with E-state index in [9.17, 15) is 10.5 Å². The molecule has 3 aromatic rings. The van der Waals surface area contributed by atoms with Crippen molar-refractivity contribution in [2.24, 2.45) is 10.9 Å². The molecule has 35 heavy (non-hydrogen) atoms. The Morgan fingerprint density at radius 3 is 2.77 bits per heavy atom. The Morgan fingerprint density at radius 2 is 2.03 bits per heavy atom. The quantitative estimate of drug-likeness (QED) is 0.570. The fourth-order valence-electron chi connectivity index (χ4n) is 4.69. The van der Waals surface area contributed by atoms with Crippen LogP contribution < -0.4 is 5.32 Å². The second-order valence-electron chi connectivity index (χ2n) is 8.74. The molecule has 2 atom stereocenters. The average molecular weight is 467 g/mol. The maximum Gasteiger partial charge on any atom is 0.125 e. The Bertz CT molecular complexity index is 1350. The van der Waals surface area contributed by atoms with Crippen LogP contribution in [0, 0.1) is 28.6 Å². The van der Waals surface area contributed by atoms with Crippen LogP contribution in [0.1, 0.15) is 24.0 Å². The van der Waals surface area contributed by atoms with Crippen LogP contribution in [0.4, 0.5) is 5.82 Å². The molecule has 2 N–H and O–H groups in total. The van der Waals surface area contributed by atoms with E-state index in [0.717, 1.165) is 67.2 Å². The van der Waals surface area contributed by atoms with Crippen LogP contribution in [-0.4, -0.2) is 65.2 Å². The number of benzene rings is 1. The van der Waals surface area contributed by atoms with E-state index in [2.05, 4.69) is 37.5 Å². The van der Waals surface area contributed by atoms with Crippen molar-refractivity contribution in [3.8, 4) is 12.1 Å². The molecule has 1 saturated heterocycles. The molecule has 2 aliphatic heterocycles. The second kappa shape index (κ2) is 10.1. The number of rotatable bonds is 6. The molecule has 0 spiro atoms. The lowest BCUT2D eigenvalue weighted by Crippen LogP contribution is -2.39. The van der Waals surface area contributed by atoms with Crippen molar-refractivity contribution >= 4 is 28.1 Å². The van der Waals surface area contributed by atoms with E-state index in [4.69, 9.17) is 9.73 Å². The van der Waals surface area contributed by atoms with Gasteiger partial charge in [0.2, 0.25) is 0 Å². The summed E-state index contributed by atoms with van der Waals surface area (Å²) >= 11 is 0. The fraction of sp³-hybridized carbons (Fsp3) is 0.346. The number of hydrogen-bond donors (Lipinski definition) is 2. The summed E-state index contributed by atoms with van der Waals surface area (Å²) in [6.07, 6.45) is 3.49. The Hall–Kier alpha value is -4.05. The number of aromatic nitrogens is 3. The summed E-state index contributed by atoms with van der Waals surface area (Å²) in [6.45, 7) is 7.04. The smallest absolute Gasteiger partial charge is 0.125 e. The van der Waals surface area contributed by atoms with E-state index in [1.807, 2.05) is 37.3 Å². The third kappa shape index (κ3) is 4.65. The van der Waals surface area contributed by atoms with E-state index in [0.29, 0.717) is 17.0 Å². The first-order valence-electron chi connectivity index (χ1n) is 11.7. The molecule has 1 fully saturated rings. The van der Waals surface area contributed by atoms with E-state index in [1.165, 1.54) is 0 Å². The molecular formula is C26H26N8O. The number of ether oxygens (including phenoxy) is 1. The number of nitrogens with zero attached hydrogens (tertiary/aromatic N) is 6. The maximum atomic E-state index is 10.2. The number of morpholine rings is 1. The molecule has 2 aliphatic rings. The molecule has 0 radical (unpaired) electrons. The van der Waals surface area contributed by atoms with Crippen LogP contribution in [-0.2, 0) is 4.74 Å². The molecule has 0 amide bonds. The summed E-state index contributed by atoms with van der Waals surface area (Å²) in [5.41, 5.74) is 4.29. The SMILES string of the molecule is CC1=NC(c2ccc(NCCN3CCOCC3)nc2)=C(C#N)C(c2ccc3[nH]ncc3c2)C1C#N. The summed E-state index contributed by atoms with van der Waals surface area (Å²) in [5, 5.41) is 31.4. The Kier molecular flexibility index (Phi) is 6.53. The molecule has 176 valence electrons. The molecule has 1 aromatic carbocycles. The number of anilines is 1. The van der Waals surface area contributed by atoms with Crippen molar-refractivity contribution in [3.05, 3.63) is 59.4 Å². The normalized spacial score (nSPS) is 20.8. The predicted molar refractivity (Wildman–Crippen MR) is 134 cm³/mol. The molecule has 9 heteroatoms. The maximum absolute atomic E-state index is 10.2. The Balaban J connectivity index is 1.41. The van der Waals surface area contributed by atoms with Crippen LogP contribution in [0.3, 0.4) is 0 Å². The van der Waals surface area contributed by atoms with Crippen molar-refractivity contribution in [3.63, 3.8) is 0 Å². The van der Waals surface area contributed by atoms with Crippen molar-refractivity contribution in [2.45, 2.75) is 12.8 Å². The van der Waals surface area contributed by atoms with Gasteiger partial charge in [-0.05, 0) is 36.8 Å². The number of hydrogen-bond acceptors (Lipinski definition) is 8. The highest BCUT2D eigenvalue weighted by Crippen LogP contribution is 2.41. The van der Waals surface area contributed by atoms with Crippen LogP contribution in [0.25, 0.3) is 16.6 Å². The first-order chi connectivity index (χ1) is 17.2. The van der Waals surface area contributed by atoms with Gasteiger partial charge in [0.15, 0.2) is 0 Å². The van der Waals surface area contributed by atoms with E-state index < -0.39 is 11.8 Å². The molecule has 5 rings (SSSR count). The van der Waals surface area contributed by atoms with Gasteiger partial charge >= 0.3 is 0 Å². The minimum absolute atomic E-state index is 0.414. The number of H-pyrrole nitrogens is 1. The first-order valence-corrected chi connectivity index (χ1v) is 11.7. The van der Waals surface area contributed by atoms with E-state index in [-0.39, 0.29) is 0 Å². The van der Waals surface area contributed by atoms with E-state index in [1.54, 1.807) is 12.4 Å². The zero-order valence-electron chi connectivity index (χ0n) is 19.5. The van der Waals surface area contributed by atoms with Crippen LogP contribution >= 0.6 is 0 Å². The summed E-state index contributed by atoms with van der Waals surface area (Å²) in [5.74, 6) is -0.163.